The number of hydrogen-bond donors (Lipinski definition) is 2. The summed E-state index contributed by atoms with van der Waals surface area (Å²) in [7, 11) is 1.86. The minimum Gasteiger partial charge on any atom is -0.478 e. The molecule has 2 rings (SSSR count). The van der Waals surface area contributed by atoms with E-state index in [9.17, 15) is 4.79 Å². The molecule has 2 aromatic rings. The van der Waals surface area contributed by atoms with Gasteiger partial charge in [-0.1, -0.05) is 0 Å². The lowest BCUT2D eigenvalue weighted by atomic mass is 10.2. The van der Waals surface area contributed by atoms with Crippen molar-refractivity contribution in [3.8, 4) is 0 Å². The van der Waals surface area contributed by atoms with Gasteiger partial charge in [0.25, 0.3) is 0 Å². The fourth-order valence-corrected chi connectivity index (χ4v) is 3.10. The molecule has 0 radical (unpaired) electrons. The molecule has 0 fully saturated rings. The van der Waals surface area contributed by atoms with E-state index < -0.39 is 5.97 Å². The first-order valence-corrected chi connectivity index (χ1v) is 7.07. The summed E-state index contributed by atoms with van der Waals surface area (Å²) < 4.78 is 1.04. The van der Waals surface area contributed by atoms with Gasteiger partial charge in [0.05, 0.1) is 24.0 Å². The first-order chi connectivity index (χ1) is 8.97. The highest BCUT2D eigenvalue weighted by Gasteiger charge is 2.12. The van der Waals surface area contributed by atoms with E-state index in [-0.39, 0.29) is 11.3 Å². The average molecular weight is 342 g/mol. The van der Waals surface area contributed by atoms with Crippen molar-refractivity contribution in [2.24, 2.45) is 0 Å². The van der Waals surface area contributed by atoms with Gasteiger partial charge in [0.1, 0.15) is 5.82 Å². The summed E-state index contributed by atoms with van der Waals surface area (Å²) in [5.74, 6) is -0.468. The van der Waals surface area contributed by atoms with Gasteiger partial charge >= 0.3 is 5.97 Å². The zero-order valence-electron chi connectivity index (χ0n) is 10.1. The first kappa shape index (κ1) is 13.8. The number of anilines is 2. The summed E-state index contributed by atoms with van der Waals surface area (Å²) in [5.41, 5.74) is 5.82. The van der Waals surface area contributed by atoms with E-state index in [1.54, 1.807) is 11.3 Å². The van der Waals surface area contributed by atoms with Crippen LogP contribution in [0.3, 0.4) is 0 Å². The average Bonchev–Trinajstić information content (AvgIpc) is 2.74. The van der Waals surface area contributed by atoms with E-state index in [4.69, 9.17) is 10.8 Å². The van der Waals surface area contributed by atoms with E-state index >= 15 is 0 Å². The van der Waals surface area contributed by atoms with Crippen LogP contribution in [0.2, 0.25) is 0 Å². The molecule has 100 valence electrons. The van der Waals surface area contributed by atoms with Gasteiger partial charge < -0.3 is 15.7 Å². The Balaban J connectivity index is 2.21. The minimum absolute atomic E-state index is 0.0733. The van der Waals surface area contributed by atoms with Crippen molar-refractivity contribution in [1.29, 1.82) is 0 Å². The SMILES string of the molecule is CN(Cc1cc(Br)cs1)c1cc(C(=O)O)c(N)cn1. The van der Waals surface area contributed by atoms with Crippen molar-refractivity contribution < 1.29 is 9.90 Å². The highest BCUT2D eigenvalue weighted by molar-refractivity contribution is 9.10. The van der Waals surface area contributed by atoms with Gasteiger partial charge in [0.15, 0.2) is 0 Å². The second-order valence-electron chi connectivity index (χ2n) is 4.02. The van der Waals surface area contributed by atoms with E-state index in [1.807, 2.05) is 23.4 Å². The zero-order chi connectivity index (χ0) is 14.0. The number of nitrogens with two attached hydrogens (primary N) is 1. The Labute approximate surface area is 122 Å². The summed E-state index contributed by atoms with van der Waals surface area (Å²) in [6.45, 7) is 0.659. The quantitative estimate of drug-likeness (QED) is 0.893. The number of pyridine rings is 1. The number of halogens is 1. The number of rotatable bonds is 4. The summed E-state index contributed by atoms with van der Waals surface area (Å²) in [6.07, 6.45) is 1.37. The summed E-state index contributed by atoms with van der Waals surface area (Å²) in [5, 5.41) is 11.0. The van der Waals surface area contributed by atoms with Gasteiger partial charge in [0, 0.05) is 21.8 Å². The Kier molecular flexibility index (Phi) is 4.06. The highest BCUT2D eigenvalue weighted by atomic mass is 79.9. The second kappa shape index (κ2) is 5.58. The van der Waals surface area contributed by atoms with Crippen molar-refractivity contribution in [2.75, 3.05) is 17.7 Å². The number of carbonyl (C=O) groups is 1. The van der Waals surface area contributed by atoms with Crippen LogP contribution < -0.4 is 10.6 Å². The van der Waals surface area contributed by atoms with Crippen LogP contribution in [0.1, 0.15) is 15.2 Å². The van der Waals surface area contributed by atoms with Crippen LogP contribution in [-0.2, 0) is 6.54 Å². The van der Waals surface area contributed by atoms with Gasteiger partial charge in [-0.25, -0.2) is 9.78 Å². The number of carboxylic acids is 1. The molecule has 0 atom stereocenters. The lowest BCUT2D eigenvalue weighted by Gasteiger charge is -2.17. The lowest BCUT2D eigenvalue weighted by molar-refractivity contribution is 0.0698. The van der Waals surface area contributed by atoms with Gasteiger partial charge in [-0.15, -0.1) is 11.3 Å². The molecule has 0 saturated carbocycles. The van der Waals surface area contributed by atoms with Crippen molar-refractivity contribution >= 4 is 44.7 Å². The number of carboxylic acid groups (broad SMARTS) is 1. The maximum Gasteiger partial charge on any atom is 0.337 e. The van der Waals surface area contributed by atoms with Gasteiger partial charge in [-0.2, -0.15) is 0 Å². The summed E-state index contributed by atoms with van der Waals surface area (Å²) >= 11 is 5.03. The fourth-order valence-electron chi connectivity index (χ4n) is 1.60. The molecule has 0 unspecified atom stereocenters. The fraction of sp³-hybridized carbons (Fsp3) is 0.167. The Morgan fingerprint density at radius 1 is 1.58 bits per heavy atom. The summed E-state index contributed by atoms with van der Waals surface area (Å²) in [4.78, 5) is 18.2. The van der Waals surface area contributed by atoms with E-state index in [2.05, 4.69) is 20.9 Å². The molecular weight excluding hydrogens is 330 g/mol. The largest absolute Gasteiger partial charge is 0.478 e. The Hall–Kier alpha value is -1.60. The molecular formula is C12H12BrN3O2S. The summed E-state index contributed by atoms with van der Waals surface area (Å²) in [6, 6.07) is 3.51. The number of aromatic nitrogens is 1. The monoisotopic (exact) mass is 341 g/mol. The van der Waals surface area contributed by atoms with Gasteiger partial charge in [0.2, 0.25) is 0 Å². The van der Waals surface area contributed by atoms with Crippen molar-refractivity contribution in [1.82, 2.24) is 4.98 Å². The number of thiophene rings is 1. The second-order valence-corrected chi connectivity index (χ2v) is 5.93. The maximum atomic E-state index is 11.0. The molecule has 0 aromatic carbocycles. The van der Waals surface area contributed by atoms with Gasteiger partial charge in [-0.3, -0.25) is 0 Å². The highest BCUT2D eigenvalue weighted by Crippen LogP contribution is 2.23. The number of nitrogens with zero attached hydrogens (tertiary/aromatic N) is 2. The third-order valence-electron chi connectivity index (χ3n) is 2.56. The minimum atomic E-state index is -1.05. The van der Waals surface area contributed by atoms with Crippen LogP contribution in [0.25, 0.3) is 0 Å². The smallest absolute Gasteiger partial charge is 0.337 e. The van der Waals surface area contributed by atoms with Crippen LogP contribution in [-0.4, -0.2) is 23.1 Å². The lowest BCUT2D eigenvalue weighted by Crippen LogP contribution is -2.18. The van der Waals surface area contributed by atoms with Crippen molar-refractivity contribution in [3.05, 3.63) is 38.6 Å². The zero-order valence-corrected chi connectivity index (χ0v) is 12.5. The topological polar surface area (TPSA) is 79.5 Å². The number of nitrogen functional groups attached to an aromatic ring is 1. The number of aromatic carboxylic acids is 1. The molecule has 2 aromatic heterocycles. The maximum absolute atomic E-state index is 11.0. The molecule has 0 saturated heterocycles. The number of hydrogen-bond acceptors (Lipinski definition) is 5. The molecule has 0 amide bonds. The van der Waals surface area contributed by atoms with Crippen molar-refractivity contribution in [2.45, 2.75) is 6.54 Å². The molecule has 0 bridgehead atoms. The molecule has 19 heavy (non-hydrogen) atoms. The molecule has 3 N–H and O–H groups in total. The predicted molar refractivity (Wildman–Crippen MR) is 79.7 cm³/mol. The molecule has 0 aliphatic heterocycles. The molecule has 5 nitrogen and oxygen atoms in total. The Morgan fingerprint density at radius 2 is 2.32 bits per heavy atom. The van der Waals surface area contributed by atoms with Gasteiger partial charge in [-0.05, 0) is 28.1 Å². The normalized spacial score (nSPS) is 10.4. The Bertz CT molecular complexity index is 615. The third kappa shape index (κ3) is 3.24. The van der Waals surface area contributed by atoms with Crippen LogP contribution in [0.5, 0.6) is 0 Å². The van der Waals surface area contributed by atoms with E-state index in [0.717, 1.165) is 9.35 Å². The molecule has 0 aliphatic carbocycles. The van der Waals surface area contributed by atoms with Crippen LogP contribution >= 0.6 is 27.3 Å². The van der Waals surface area contributed by atoms with Crippen LogP contribution in [0, 0.1) is 0 Å². The van der Waals surface area contributed by atoms with E-state index in [1.165, 1.54) is 12.3 Å². The van der Waals surface area contributed by atoms with Crippen LogP contribution in [0.4, 0.5) is 11.5 Å². The molecule has 2 heterocycles. The molecule has 7 heteroatoms. The Morgan fingerprint density at radius 3 is 2.89 bits per heavy atom. The standard InChI is InChI=1S/C12H12BrN3O2S/c1-16(5-8-2-7(13)6-19-8)11-3-9(12(17)18)10(14)4-15-11/h2-4,6H,5,14H2,1H3,(H,17,18). The third-order valence-corrected chi connectivity index (χ3v) is 4.24. The van der Waals surface area contributed by atoms with Crippen molar-refractivity contribution in [3.63, 3.8) is 0 Å². The van der Waals surface area contributed by atoms with E-state index in [0.29, 0.717) is 12.4 Å². The predicted octanol–water partition coefficient (Wildman–Crippen LogP) is 2.82. The molecule has 0 spiro atoms. The van der Waals surface area contributed by atoms with Crippen LogP contribution in [0.15, 0.2) is 28.2 Å². The first-order valence-electron chi connectivity index (χ1n) is 5.40. The molecule has 0 aliphatic rings.